The van der Waals surface area contributed by atoms with Gasteiger partial charge in [0, 0.05) is 22.2 Å². The lowest BCUT2D eigenvalue weighted by atomic mass is 9.97. The largest absolute Gasteiger partial charge is 0.308 e. The second-order valence-corrected chi connectivity index (χ2v) is 10.3. The monoisotopic (exact) mass is 560 g/mol. The maximum atomic E-state index is 14.4. The number of nitrogens with zero attached hydrogens (tertiary/aromatic N) is 2. The Labute approximate surface area is 249 Å². The van der Waals surface area contributed by atoms with E-state index in [1.807, 2.05) is 78.9 Å². The Morgan fingerprint density at radius 1 is 0.442 bits per heavy atom. The van der Waals surface area contributed by atoms with Gasteiger partial charge in [0.05, 0.1) is 22.6 Å². The number of halogens is 2. The third-order valence-electron chi connectivity index (χ3n) is 7.58. The van der Waals surface area contributed by atoms with E-state index in [-0.39, 0.29) is 11.6 Å². The van der Waals surface area contributed by atoms with Crippen molar-refractivity contribution >= 4 is 28.0 Å². The molecule has 0 aliphatic carbocycles. The highest BCUT2D eigenvalue weighted by molar-refractivity contribution is 6.05. The molecule has 0 atom stereocenters. The van der Waals surface area contributed by atoms with Gasteiger partial charge in [-0.25, -0.2) is 13.8 Å². The van der Waals surface area contributed by atoms with Crippen molar-refractivity contribution in [2.45, 2.75) is 0 Å². The van der Waals surface area contributed by atoms with Crippen LogP contribution >= 0.6 is 0 Å². The molecular formula is C39H26F2N2. The van der Waals surface area contributed by atoms with Gasteiger partial charge in [0.2, 0.25) is 0 Å². The van der Waals surface area contributed by atoms with Crippen LogP contribution in [0.3, 0.4) is 0 Å². The zero-order chi connectivity index (χ0) is 29.2. The topological polar surface area (TPSA) is 16.1 Å². The first-order valence-corrected chi connectivity index (χ1v) is 14.1. The van der Waals surface area contributed by atoms with Crippen molar-refractivity contribution in [3.8, 4) is 33.5 Å². The van der Waals surface area contributed by atoms with Crippen molar-refractivity contribution in [2.75, 3.05) is 4.90 Å². The normalized spacial score (nSPS) is 11.0. The molecule has 7 rings (SSSR count). The van der Waals surface area contributed by atoms with Gasteiger partial charge in [-0.3, -0.25) is 0 Å². The molecule has 0 radical (unpaired) electrons. The minimum Gasteiger partial charge on any atom is -0.308 e. The van der Waals surface area contributed by atoms with Gasteiger partial charge < -0.3 is 4.90 Å². The minimum absolute atomic E-state index is 0.313. The lowest BCUT2D eigenvalue weighted by Gasteiger charge is -2.29. The standard InChI is InChI=1S/C39H26F2N2/c40-30-21-23-32(24-22-30)43(37-19-8-7-17-33(37)29-15-9-16-31(41)25-29)38-20-10-18-34-35(27-11-3-1-4-12-27)26-36(42-39(34)38)28-13-5-2-6-14-28/h1-26H. The Balaban J connectivity index is 1.55. The van der Waals surface area contributed by atoms with Crippen LogP contribution in [0.1, 0.15) is 0 Å². The number of benzene rings is 6. The predicted molar refractivity (Wildman–Crippen MR) is 173 cm³/mol. The van der Waals surface area contributed by atoms with Crippen LogP contribution in [-0.2, 0) is 0 Å². The molecule has 206 valence electrons. The number of anilines is 3. The zero-order valence-corrected chi connectivity index (χ0v) is 23.2. The Hall–Kier alpha value is -5.61. The molecule has 0 unspecified atom stereocenters. The maximum Gasteiger partial charge on any atom is 0.123 e. The van der Waals surface area contributed by atoms with Crippen molar-refractivity contribution in [3.63, 3.8) is 0 Å². The third-order valence-corrected chi connectivity index (χ3v) is 7.58. The van der Waals surface area contributed by atoms with E-state index in [0.717, 1.165) is 61.5 Å². The Morgan fingerprint density at radius 2 is 1.07 bits per heavy atom. The summed E-state index contributed by atoms with van der Waals surface area (Å²) in [5.41, 5.74) is 8.76. The fourth-order valence-corrected chi connectivity index (χ4v) is 5.59. The molecule has 1 heterocycles. The molecule has 0 aliphatic rings. The molecular weight excluding hydrogens is 534 g/mol. The maximum absolute atomic E-state index is 14.4. The number of fused-ring (bicyclic) bond motifs is 1. The fourth-order valence-electron chi connectivity index (χ4n) is 5.59. The summed E-state index contributed by atoms with van der Waals surface area (Å²) in [6, 6.07) is 49.6. The lowest BCUT2D eigenvalue weighted by Crippen LogP contribution is -2.12. The second kappa shape index (κ2) is 11.3. The molecule has 0 aliphatic heterocycles. The van der Waals surface area contributed by atoms with Crippen LogP contribution in [0, 0.1) is 11.6 Å². The number of aromatic nitrogens is 1. The van der Waals surface area contributed by atoms with Gasteiger partial charge >= 0.3 is 0 Å². The average Bonchev–Trinajstić information content (AvgIpc) is 3.06. The summed E-state index contributed by atoms with van der Waals surface area (Å²) in [5, 5.41) is 0.985. The first-order valence-electron chi connectivity index (χ1n) is 14.1. The number of hydrogen-bond donors (Lipinski definition) is 0. The van der Waals surface area contributed by atoms with E-state index < -0.39 is 0 Å². The van der Waals surface area contributed by atoms with Crippen molar-refractivity contribution in [2.24, 2.45) is 0 Å². The van der Waals surface area contributed by atoms with Crippen LogP contribution in [0.25, 0.3) is 44.4 Å². The van der Waals surface area contributed by atoms with E-state index in [1.54, 1.807) is 18.2 Å². The Kier molecular flexibility index (Phi) is 6.94. The first kappa shape index (κ1) is 26.3. The van der Waals surface area contributed by atoms with Crippen molar-refractivity contribution < 1.29 is 8.78 Å². The smallest absolute Gasteiger partial charge is 0.123 e. The summed E-state index contributed by atoms with van der Waals surface area (Å²) in [7, 11) is 0. The van der Waals surface area contributed by atoms with E-state index in [9.17, 15) is 8.78 Å². The van der Waals surface area contributed by atoms with Crippen molar-refractivity contribution in [3.05, 3.63) is 169 Å². The third kappa shape index (κ3) is 5.15. The van der Waals surface area contributed by atoms with Crippen LogP contribution in [0.2, 0.25) is 0 Å². The van der Waals surface area contributed by atoms with Crippen LogP contribution in [0.4, 0.5) is 25.8 Å². The summed E-state index contributed by atoms with van der Waals surface area (Å²) in [6.45, 7) is 0. The van der Waals surface area contributed by atoms with Gasteiger partial charge in [-0.15, -0.1) is 0 Å². The predicted octanol–water partition coefficient (Wildman–Crippen LogP) is 11.0. The number of rotatable bonds is 6. The zero-order valence-electron chi connectivity index (χ0n) is 23.2. The van der Waals surface area contributed by atoms with Crippen molar-refractivity contribution in [1.29, 1.82) is 0 Å². The molecule has 0 amide bonds. The fraction of sp³-hybridized carbons (Fsp3) is 0. The molecule has 2 nitrogen and oxygen atoms in total. The van der Waals surface area contributed by atoms with Crippen LogP contribution in [0.5, 0.6) is 0 Å². The molecule has 0 saturated carbocycles. The molecule has 0 saturated heterocycles. The van der Waals surface area contributed by atoms with E-state index in [1.165, 1.54) is 24.3 Å². The molecule has 0 fully saturated rings. The summed E-state index contributed by atoms with van der Waals surface area (Å²) < 4.78 is 28.6. The van der Waals surface area contributed by atoms with E-state index in [4.69, 9.17) is 4.98 Å². The Bertz CT molecular complexity index is 2040. The van der Waals surface area contributed by atoms with Crippen molar-refractivity contribution in [1.82, 2.24) is 4.98 Å². The lowest BCUT2D eigenvalue weighted by molar-refractivity contribution is 0.627. The highest BCUT2D eigenvalue weighted by Gasteiger charge is 2.21. The average molecular weight is 561 g/mol. The second-order valence-electron chi connectivity index (χ2n) is 10.3. The van der Waals surface area contributed by atoms with Crippen LogP contribution in [0.15, 0.2) is 158 Å². The molecule has 0 N–H and O–H groups in total. The SMILES string of the molecule is Fc1ccc(N(c2ccccc2-c2cccc(F)c2)c2cccc3c(-c4ccccc4)cc(-c4ccccc4)nc23)cc1. The van der Waals surface area contributed by atoms with Crippen LogP contribution < -0.4 is 4.90 Å². The molecule has 0 bridgehead atoms. The minimum atomic E-state index is -0.323. The molecule has 0 spiro atoms. The van der Waals surface area contributed by atoms with E-state index in [2.05, 4.69) is 41.3 Å². The van der Waals surface area contributed by atoms with Gasteiger partial charge in [0.25, 0.3) is 0 Å². The summed E-state index contributed by atoms with van der Waals surface area (Å²) in [4.78, 5) is 7.34. The van der Waals surface area contributed by atoms with Gasteiger partial charge in [0.15, 0.2) is 0 Å². The summed E-state index contributed by atoms with van der Waals surface area (Å²) in [5.74, 6) is -0.636. The highest BCUT2D eigenvalue weighted by Crippen LogP contribution is 2.44. The Morgan fingerprint density at radius 3 is 1.81 bits per heavy atom. The summed E-state index contributed by atoms with van der Waals surface area (Å²) in [6.07, 6.45) is 0. The first-order chi connectivity index (χ1) is 21.2. The van der Waals surface area contributed by atoms with E-state index in [0.29, 0.717) is 0 Å². The van der Waals surface area contributed by atoms with Gasteiger partial charge in [-0.1, -0.05) is 103 Å². The quantitative estimate of drug-likeness (QED) is 0.201. The van der Waals surface area contributed by atoms with Crippen LogP contribution in [-0.4, -0.2) is 4.98 Å². The van der Waals surface area contributed by atoms with E-state index >= 15 is 0 Å². The summed E-state index contributed by atoms with van der Waals surface area (Å²) >= 11 is 0. The number of hydrogen-bond acceptors (Lipinski definition) is 2. The molecule has 1 aromatic heterocycles. The van der Waals surface area contributed by atoms with Gasteiger partial charge in [-0.2, -0.15) is 0 Å². The molecule has 7 aromatic rings. The van der Waals surface area contributed by atoms with Gasteiger partial charge in [-0.05, 0) is 71.3 Å². The number of para-hydroxylation sites is 2. The number of pyridine rings is 1. The molecule has 43 heavy (non-hydrogen) atoms. The molecule has 6 aromatic carbocycles. The van der Waals surface area contributed by atoms with Gasteiger partial charge in [0.1, 0.15) is 11.6 Å². The highest BCUT2D eigenvalue weighted by atomic mass is 19.1. The molecule has 4 heteroatoms.